The van der Waals surface area contributed by atoms with E-state index in [-0.39, 0.29) is 17.5 Å². The zero-order valence-electron chi connectivity index (χ0n) is 9.89. The number of hydrogen-bond acceptors (Lipinski definition) is 3. The summed E-state index contributed by atoms with van der Waals surface area (Å²) in [5, 5.41) is 10.8. The number of amides is 1. The van der Waals surface area contributed by atoms with E-state index in [1.165, 1.54) is 11.9 Å². The Bertz CT molecular complexity index is 481. The molecular formula is C11H12ClFN2O3. The van der Waals surface area contributed by atoms with Gasteiger partial charge in [0.2, 0.25) is 0 Å². The zero-order valence-corrected chi connectivity index (χ0v) is 10.6. The van der Waals surface area contributed by atoms with Gasteiger partial charge in [0.05, 0.1) is 11.0 Å². The van der Waals surface area contributed by atoms with Crippen molar-refractivity contribution in [2.45, 2.75) is 13.0 Å². The van der Waals surface area contributed by atoms with Gasteiger partial charge in [-0.3, -0.25) is 14.9 Å². The molecule has 5 nitrogen and oxygen atoms in total. The molecule has 0 fully saturated rings. The lowest BCUT2D eigenvalue weighted by Crippen LogP contribution is -2.36. The predicted molar refractivity (Wildman–Crippen MR) is 65.3 cm³/mol. The molecule has 1 aromatic carbocycles. The summed E-state index contributed by atoms with van der Waals surface area (Å²) in [7, 11) is 1.49. The highest BCUT2D eigenvalue weighted by Crippen LogP contribution is 2.21. The number of alkyl halides is 1. The van der Waals surface area contributed by atoms with Crippen molar-refractivity contribution in [3.8, 4) is 0 Å². The molecule has 0 heterocycles. The van der Waals surface area contributed by atoms with E-state index in [2.05, 4.69) is 0 Å². The number of rotatable bonds is 4. The van der Waals surface area contributed by atoms with Crippen LogP contribution in [0.1, 0.15) is 17.3 Å². The van der Waals surface area contributed by atoms with Crippen molar-refractivity contribution in [3.63, 3.8) is 0 Å². The number of nitro groups is 1. The molecule has 0 spiro atoms. The van der Waals surface area contributed by atoms with Gasteiger partial charge in [-0.15, -0.1) is 11.6 Å². The lowest BCUT2D eigenvalue weighted by molar-refractivity contribution is -0.385. The van der Waals surface area contributed by atoms with Crippen LogP contribution in [0.4, 0.5) is 10.1 Å². The van der Waals surface area contributed by atoms with Gasteiger partial charge in [-0.2, -0.15) is 0 Å². The molecule has 0 aliphatic rings. The fraction of sp³-hybridized carbons (Fsp3) is 0.364. The summed E-state index contributed by atoms with van der Waals surface area (Å²) in [6.45, 7) is 1.71. The quantitative estimate of drug-likeness (QED) is 0.481. The highest BCUT2D eigenvalue weighted by Gasteiger charge is 2.25. The number of halogens is 2. The SMILES string of the molecule is CC(CCl)N(C)C(=O)c1ccc(F)cc1[N+](=O)[O-]. The first-order chi connectivity index (χ1) is 8.38. The molecule has 1 atom stereocenters. The first-order valence-corrected chi connectivity index (χ1v) is 5.69. The Morgan fingerprint density at radius 2 is 2.22 bits per heavy atom. The third-order valence-corrected chi connectivity index (χ3v) is 3.04. The second-order valence-corrected chi connectivity index (χ2v) is 4.15. The number of nitrogens with zero attached hydrogens (tertiary/aromatic N) is 2. The first kappa shape index (κ1) is 14.4. The Morgan fingerprint density at radius 3 is 2.72 bits per heavy atom. The molecule has 1 aromatic rings. The Balaban J connectivity index is 3.17. The van der Waals surface area contributed by atoms with Crippen LogP contribution in [0.5, 0.6) is 0 Å². The lowest BCUT2D eigenvalue weighted by Gasteiger charge is -2.22. The molecule has 18 heavy (non-hydrogen) atoms. The van der Waals surface area contributed by atoms with Crippen LogP contribution in [0.15, 0.2) is 18.2 Å². The van der Waals surface area contributed by atoms with Crippen molar-refractivity contribution in [1.29, 1.82) is 0 Å². The topological polar surface area (TPSA) is 63.5 Å². The number of carbonyl (C=O) groups excluding carboxylic acids is 1. The fourth-order valence-electron chi connectivity index (χ4n) is 1.33. The number of benzene rings is 1. The summed E-state index contributed by atoms with van der Waals surface area (Å²) in [6.07, 6.45) is 0. The van der Waals surface area contributed by atoms with E-state index in [0.29, 0.717) is 0 Å². The Morgan fingerprint density at radius 1 is 1.61 bits per heavy atom. The van der Waals surface area contributed by atoms with Crippen molar-refractivity contribution < 1.29 is 14.1 Å². The fourth-order valence-corrected chi connectivity index (χ4v) is 1.54. The van der Waals surface area contributed by atoms with Crippen molar-refractivity contribution in [2.24, 2.45) is 0 Å². The van der Waals surface area contributed by atoms with Gasteiger partial charge < -0.3 is 4.90 Å². The highest BCUT2D eigenvalue weighted by atomic mass is 35.5. The average molecular weight is 275 g/mol. The number of nitro benzene ring substituents is 1. The van der Waals surface area contributed by atoms with Crippen LogP contribution < -0.4 is 0 Å². The molecular weight excluding hydrogens is 263 g/mol. The van der Waals surface area contributed by atoms with Crippen molar-refractivity contribution in [1.82, 2.24) is 4.90 Å². The average Bonchev–Trinajstić information content (AvgIpc) is 2.35. The van der Waals surface area contributed by atoms with Crippen LogP contribution in [0.3, 0.4) is 0 Å². The molecule has 0 aliphatic heterocycles. The van der Waals surface area contributed by atoms with Crippen LogP contribution in [0.25, 0.3) is 0 Å². The Labute approximate surface area is 108 Å². The predicted octanol–water partition coefficient (Wildman–Crippen LogP) is 2.43. The summed E-state index contributed by atoms with van der Waals surface area (Å²) in [5.74, 6) is -1.11. The van der Waals surface area contributed by atoms with E-state index in [9.17, 15) is 19.3 Å². The van der Waals surface area contributed by atoms with Crippen molar-refractivity contribution in [3.05, 3.63) is 39.7 Å². The maximum atomic E-state index is 12.9. The normalized spacial score (nSPS) is 12.0. The minimum Gasteiger partial charge on any atom is -0.338 e. The summed E-state index contributed by atoms with van der Waals surface area (Å²) < 4.78 is 12.9. The molecule has 1 unspecified atom stereocenters. The summed E-state index contributed by atoms with van der Waals surface area (Å²) in [4.78, 5) is 23.3. The van der Waals surface area contributed by atoms with Gasteiger partial charge >= 0.3 is 0 Å². The number of carbonyl (C=O) groups is 1. The van der Waals surface area contributed by atoms with E-state index < -0.39 is 22.3 Å². The maximum Gasteiger partial charge on any atom is 0.285 e. The molecule has 0 radical (unpaired) electrons. The third kappa shape index (κ3) is 2.95. The summed E-state index contributed by atoms with van der Waals surface area (Å²) in [6, 6.07) is 2.57. The van der Waals surface area contributed by atoms with Crippen molar-refractivity contribution in [2.75, 3.05) is 12.9 Å². The second kappa shape index (κ2) is 5.77. The standard InChI is InChI=1S/C11H12ClFN2O3/c1-7(6-12)14(2)11(16)9-4-3-8(13)5-10(9)15(17)18/h3-5,7H,6H2,1-2H3. The van der Waals surface area contributed by atoms with Crippen LogP contribution in [0.2, 0.25) is 0 Å². The molecule has 0 saturated carbocycles. The van der Waals surface area contributed by atoms with Crippen LogP contribution >= 0.6 is 11.6 Å². The maximum absolute atomic E-state index is 12.9. The first-order valence-electron chi connectivity index (χ1n) is 5.15. The molecule has 1 rings (SSSR count). The third-order valence-electron chi connectivity index (χ3n) is 2.59. The molecule has 0 bridgehead atoms. The zero-order chi connectivity index (χ0) is 13.9. The minimum absolute atomic E-state index is 0.152. The van der Waals surface area contributed by atoms with Crippen LogP contribution in [-0.2, 0) is 0 Å². The molecule has 0 aromatic heterocycles. The minimum atomic E-state index is -0.782. The van der Waals surface area contributed by atoms with Gasteiger partial charge in [0, 0.05) is 19.0 Å². The lowest BCUT2D eigenvalue weighted by atomic mass is 10.1. The summed E-state index contributed by atoms with van der Waals surface area (Å²) in [5.41, 5.74) is -0.700. The second-order valence-electron chi connectivity index (χ2n) is 3.84. The Kier molecular flexibility index (Phi) is 4.61. The van der Waals surface area contributed by atoms with Gasteiger partial charge in [0.15, 0.2) is 0 Å². The Hall–Kier alpha value is -1.69. The van der Waals surface area contributed by atoms with Crippen LogP contribution in [0, 0.1) is 15.9 Å². The van der Waals surface area contributed by atoms with Crippen LogP contribution in [-0.4, -0.2) is 34.7 Å². The van der Waals surface area contributed by atoms with Gasteiger partial charge in [0.25, 0.3) is 11.6 Å². The van der Waals surface area contributed by atoms with Gasteiger partial charge in [-0.1, -0.05) is 0 Å². The van der Waals surface area contributed by atoms with Gasteiger partial charge in [0.1, 0.15) is 11.4 Å². The molecule has 0 saturated heterocycles. The summed E-state index contributed by atoms with van der Waals surface area (Å²) >= 11 is 5.62. The monoisotopic (exact) mass is 274 g/mol. The van der Waals surface area contributed by atoms with E-state index in [1.54, 1.807) is 6.92 Å². The molecule has 7 heteroatoms. The molecule has 1 amide bonds. The van der Waals surface area contributed by atoms with E-state index >= 15 is 0 Å². The van der Waals surface area contributed by atoms with Gasteiger partial charge in [-0.05, 0) is 19.1 Å². The van der Waals surface area contributed by atoms with E-state index in [0.717, 1.165) is 18.2 Å². The largest absolute Gasteiger partial charge is 0.338 e. The van der Waals surface area contributed by atoms with E-state index in [4.69, 9.17) is 11.6 Å². The number of hydrogen-bond donors (Lipinski definition) is 0. The molecule has 0 aliphatic carbocycles. The van der Waals surface area contributed by atoms with Crippen molar-refractivity contribution >= 4 is 23.2 Å². The highest BCUT2D eigenvalue weighted by molar-refractivity contribution is 6.18. The molecule has 0 N–H and O–H groups in total. The van der Waals surface area contributed by atoms with Gasteiger partial charge in [-0.25, -0.2) is 4.39 Å². The molecule has 98 valence electrons. The van der Waals surface area contributed by atoms with E-state index in [1.807, 2.05) is 0 Å². The smallest absolute Gasteiger partial charge is 0.285 e.